The molecule has 0 unspecified atom stereocenters. The highest BCUT2D eigenvalue weighted by Gasteiger charge is 2.24. The summed E-state index contributed by atoms with van der Waals surface area (Å²) in [6.45, 7) is 1.50. The third kappa shape index (κ3) is 3.79. The molecule has 8 heteroatoms. The first-order chi connectivity index (χ1) is 9.09. The molecule has 1 amide bonds. The molecule has 0 spiro atoms. The van der Waals surface area contributed by atoms with Crippen LogP contribution in [0.25, 0.3) is 0 Å². The summed E-state index contributed by atoms with van der Waals surface area (Å²) in [5.74, 6) is -0.146. The Morgan fingerprint density at radius 2 is 2.05 bits per heavy atom. The van der Waals surface area contributed by atoms with Gasteiger partial charge in [0.25, 0.3) is 16.1 Å². The lowest BCUT2D eigenvalue weighted by Crippen LogP contribution is -2.42. The van der Waals surface area contributed by atoms with E-state index in [0.717, 1.165) is 12.8 Å². The van der Waals surface area contributed by atoms with E-state index < -0.39 is 10.2 Å². The maximum Gasteiger partial charge on any atom is 0.287 e. The predicted molar refractivity (Wildman–Crippen MR) is 68.8 cm³/mol. The predicted octanol–water partition coefficient (Wildman–Crippen LogP) is -0.0604. The summed E-state index contributed by atoms with van der Waals surface area (Å²) in [5, 5.41) is 2.57. The third-order valence-corrected chi connectivity index (χ3v) is 4.46. The molecule has 1 aliphatic heterocycles. The standard InChI is InChI=1S/C11H17N3O4S/c15-11(10-4-3-9-18-10)12-5-6-13-19(16,17)14-7-1-2-8-14/h3-4,9,13H,1-2,5-8H2,(H,12,15). The van der Waals surface area contributed by atoms with Gasteiger partial charge in [-0.3, -0.25) is 4.79 Å². The molecule has 0 aromatic carbocycles. The second-order valence-electron chi connectivity index (χ2n) is 4.24. The van der Waals surface area contributed by atoms with Crippen LogP contribution in [-0.4, -0.2) is 44.8 Å². The van der Waals surface area contributed by atoms with Gasteiger partial charge in [0.15, 0.2) is 5.76 Å². The molecule has 1 aromatic rings. The molecule has 19 heavy (non-hydrogen) atoms. The lowest BCUT2D eigenvalue weighted by atomic mass is 10.4. The van der Waals surface area contributed by atoms with Gasteiger partial charge < -0.3 is 9.73 Å². The number of furan rings is 1. The molecule has 7 nitrogen and oxygen atoms in total. The summed E-state index contributed by atoms with van der Waals surface area (Å²) in [4.78, 5) is 11.5. The average Bonchev–Trinajstić information content (AvgIpc) is 3.04. The molecule has 1 fully saturated rings. The van der Waals surface area contributed by atoms with Crippen LogP contribution in [0, 0.1) is 0 Å². The molecular formula is C11H17N3O4S. The number of nitrogens with zero attached hydrogens (tertiary/aromatic N) is 1. The summed E-state index contributed by atoms with van der Waals surface area (Å²) in [6, 6.07) is 3.16. The smallest absolute Gasteiger partial charge is 0.287 e. The van der Waals surface area contributed by atoms with Crippen molar-refractivity contribution in [2.45, 2.75) is 12.8 Å². The minimum absolute atomic E-state index is 0.158. The Kier molecular flexibility index (Phi) is 4.56. The second kappa shape index (κ2) is 6.18. The van der Waals surface area contributed by atoms with Gasteiger partial charge in [0.05, 0.1) is 6.26 Å². The first-order valence-corrected chi connectivity index (χ1v) is 7.60. The van der Waals surface area contributed by atoms with Gasteiger partial charge in [-0.15, -0.1) is 0 Å². The van der Waals surface area contributed by atoms with Crippen LogP contribution >= 0.6 is 0 Å². The van der Waals surface area contributed by atoms with E-state index in [1.165, 1.54) is 10.6 Å². The minimum Gasteiger partial charge on any atom is -0.459 e. The van der Waals surface area contributed by atoms with E-state index in [-0.39, 0.29) is 24.8 Å². The fourth-order valence-electron chi connectivity index (χ4n) is 1.87. The summed E-state index contributed by atoms with van der Waals surface area (Å²) >= 11 is 0. The number of hydrogen-bond donors (Lipinski definition) is 2. The molecule has 0 atom stereocenters. The number of hydrogen-bond acceptors (Lipinski definition) is 4. The van der Waals surface area contributed by atoms with Crippen molar-refractivity contribution in [3.8, 4) is 0 Å². The van der Waals surface area contributed by atoms with E-state index in [4.69, 9.17) is 4.42 Å². The lowest BCUT2D eigenvalue weighted by molar-refractivity contribution is 0.0926. The second-order valence-corrected chi connectivity index (χ2v) is 5.99. The van der Waals surface area contributed by atoms with Crippen LogP contribution in [0.1, 0.15) is 23.4 Å². The number of rotatable bonds is 6. The Morgan fingerprint density at radius 3 is 2.68 bits per heavy atom. The van der Waals surface area contributed by atoms with Crippen LogP contribution in [-0.2, 0) is 10.2 Å². The van der Waals surface area contributed by atoms with Crippen molar-refractivity contribution >= 4 is 16.1 Å². The Balaban J connectivity index is 1.70. The third-order valence-electron chi connectivity index (χ3n) is 2.84. The van der Waals surface area contributed by atoms with E-state index in [1.807, 2.05) is 0 Å². The van der Waals surface area contributed by atoms with Gasteiger partial charge in [-0.1, -0.05) is 0 Å². The van der Waals surface area contributed by atoms with Gasteiger partial charge in [0.2, 0.25) is 0 Å². The van der Waals surface area contributed by atoms with Crippen LogP contribution < -0.4 is 10.0 Å². The van der Waals surface area contributed by atoms with E-state index in [9.17, 15) is 13.2 Å². The fraction of sp³-hybridized carbons (Fsp3) is 0.545. The largest absolute Gasteiger partial charge is 0.459 e. The molecular weight excluding hydrogens is 270 g/mol. The molecule has 1 aromatic heterocycles. The van der Waals surface area contributed by atoms with Crippen molar-refractivity contribution in [2.75, 3.05) is 26.2 Å². The molecule has 2 rings (SSSR count). The van der Waals surface area contributed by atoms with Crippen LogP contribution in [0.5, 0.6) is 0 Å². The van der Waals surface area contributed by atoms with Gasteiger partial charge in [-0.2, -0.15) is 12.7 Å². The van der Waals surface area contributed by atoms with Crippen molar-refractivity contribution in [1.29, 1.82) is 0 Å². The van der Waals surface area contributed by atoms with Crippen molar-refractivity contribution in [2.24, 2.45) is 0 Å². The number of nitrogens with one attached hydrogen (secondary N) is 2. The normalized spacial score (nSPS) is 16.6. The molecule has 1 aliphatic rings. The van der Waals surface area contributed by atoms with E-state index in [0.29, 0.717) is 13.1 Å². The van der Waals surface area contributed by atoms with Crippen LogP contribution in [0.15, 0.2) is 22.8 Å². The van der Waals surface area contributed by atoms with Crippen molar-refractivity contribution in [3.05, 3.63) is 24.2 Å². The van der Waals surface area contributed by atoms with Crippen molar-refractivity contribution in [1.82, 2.24) is 14.3 Å². The van der Waals surface area contributed by atoms with E-state index in [2.05, 4.69) is 10.0 Å². The fourth-order valence-corrected chi connectivity index (χ4v) is 3.15. The van der Waals surface area contributed by atoms with Gasteiger partial charge in [0.1, 0.15) is 0 Å². The Bertz CT molecular complexity index is 506. The summed E-state index contributed by atoms with van der Waals surface area (Å²) < 4.78 is 32.4. The zero-order chi connectivity index (χ0) is 13.7. The van der Waals surface area contributed by atoms with Gasteiger partial charge in [-0.05, 0) is 25.0 Å². The first-order valence-electron chi connectivity index (χ1n) is 6.16. The molecule has 2 N–H and O–H groups in total. The maximum atomic E-state index is 11.8. The van der Waals surface area contributed by atoms with E-state index >= 15 is 0 Å². The van der Waals surface area contributed by atoms with Gasteiger partial charge >= 0.3 is 0 Å². The monoisotopic (exact) mass is 287 g/mol. The highest BCUT2D eigenvalue weighted by Crippen LogP contribution is 2.10. The molecule has 0 aliphatic carbocycles. The summed E-state index contributed by atoms with van der Waals surface area (Å²) in [5.41, 5.74) is 0. The van der Waals surface area contributed by atoms with E-state index in [1.54, 1.807) is 12.1 Å². The molecule has 0 saturated carbocycles. The lowest BCUT2D eigenvalue weighted by Gasteiger charge is -2.15. The zero-order valence-electron chi connectivity index (χ0n) is 10.5. The SMILES string of the molecule is O=C(NCCNS(=O)(=O)N1CCCC1)c1ccco1. The Morgan fingerprint density at radius 1 is 1.32 bits per heavy atom. The van der Waals surface area contributed by atoms with Crippen molar-refractivity contribution < 1.29 is 17.6 Å². The molecule has 106 valence electrons. The van der Waals surface area contributed by atoms with Crippen molar-refractivity contribution in [3.63, 3.8) is 0 Å². The number of carbonyl (C=O) groups excluding carboxylic acids is 1. The molecule has 0 radical (unpaired) electrons. The zero-order valence-corrected chi connectivity index (χ0v) is 11.3. The highest BCUT2D eigenvalue weighted by molar-refractivity contribution is 7.87. The molecule has 1 saturated heterocycles. The number of carbonyl (C=O) groups is 1. The van der Waals surface area contributed by atoms with Gasteiger partial charge in [-0.25, -0.2) is 4.72 Å². The average molecular weight is 287 g/mol. The van der Waals surface area contributed by atoms with Crippen LogP contribution in [0.4, 0.5) is 0 Å². The Hall–Kier alpha value is -1.38. The molecule has 2 heterocycles. The molecule has 0 bridgehead atoms. The van der Waals surface area contributed by atoms with Crippen LogP contribution in [0.2, 0.25) is 0 Å². The highest BCUT2D eigenvalue weighted by atomic mass is 32.2. The topological polar surface area (TPSA) is 91.7 Å². The maximum absolute atomic E-state index is 11.8. The quantitative estimate of drug-likeness (QED) is 0.717. The summed E-state index contributed by atoms with van der Waals surface area (Å²) in [6.07, 6.45) is 3.21. The Labute approximate surface area is 112 Å². The minimum atomic E-state index is -3.40. The van der Waals surface area contributed by atoms with Gasteiger partial charge in [0, 0.05) is 26.2 Å². The first kappa shape index (κ1) is 14.0. The number of amides is 1. The van der Waals surface area contributed by atoms with Crippen LogP contribution in [0.3, 0.4) is 0 Å². The summed E-state index contributed by atoms with van der Waals surface area (Å²) in [7, 11) is -3.40.